The molecule has 1 saturated heterocycles. The van der Waals surface area contributed by atoms with Crippen LogP contribution in [0, 0.1) is 17.8 Å². The van der Waals surface area contributed by atoms with Crippen molar-refractivity contribution in [2.24, 2.45) is 17.8 Å². The molecule has 0 aromatic heterocycles. The van der Waals surface area contributed by atoms with Crippen LogP contribution in [0.4, 0.5) is 0 Å². The molecule has 1 saturated carbocycles. The Labute approximate surface area is 107 Å². The first-order chi connectivity index (χ1) is 8.58. The zero-order valence-electron chi connectivity index (χ0n) is 10.8. The average molecular weight is 254 g/mol. The van der Waals surface area contributed by atoms with Gasteiger partial charge < -0.3 is 15.7 Å². The van der Waals surface area contributed by atoms with Gasteiger partial charge in [0.2, 0.25) is 5.91 Å². The number of nitrogens with one attached hydrogen (secondary N) is 2. The van der Waals surface area contributed by atoms with E-state index in [1.54, 1.807) is 0 Å². The van der Waals surface area contributed by atoms with Crippen molar-refractivity contribution in [3.05, 3.63) is 0 Å². The number of hydrogen-bond donors (Lipinski definition) is 3. The fourth-order valence-electron chi connectivity index (χ4n) is 2.95. The van der Waals surface area contributed by atoms with Gasteiger partial charge in [0.25, 0.3) is 0 Å². The Hall–Kier alpha value is -1.10. The molecule has 2 rings (SSSR count). The van der Waals surface area contributed by atoms with E-state index in [0.717, 1.165) is 25.9 Å². The van der Waals surface area contributed by atoms with Gasteiger partial charge in [0.15, 0.2) is 0 Å². The van der Waals surface area contributed by atoms with Crippen molar-refractivity contribution < 1.29 is 14.7 Å². The van der Waals surface area contributed by atoms with E-state index in [0.29, 0.717) is 18.8 Å². The number of rotatable bonds is 3. The van der Waals surface area contributed by atoms with Crippen molar-refractivity contribution in [2.75, 3.05) is 13.1 Å². The van der Waals surface area contributed by atoms with Gasteiger partial charge in [-0.1, -0.05) is 6.92 Å². The standard InChI is InChI=1S/C13H22N2O3/c1-8-6-14-7-11(8)12(16)15-10-4-2-9(3-5-10)13(17)18/h8-11,14H,2-7H2,1H3,(H,15,16)(H,17,18)/t8-,9?,10?,11-/m1/s1. The van der Waals surface area contributed by atoms with Crippen LogP contribution in [0.3, 0.4) is 0 Å². The maximum atomic E-state index is 12.1. The molecule has 2 aliphatic rings. The molecule has 102 valence electrons. The Bertz CT molecular complexity index is 324. The molecule has 0 spiro atoms. The van der Waals surface area contributed by atoms with Crippen molar-refractivity contribution in [3.63, 3.8) is 0 Å². The molecule has 0 aromatic rings. The molecule has 5 nitrogen and oxygen atoms in total. The third kappa shape index (κ3) is 3.02. The van der Waals surface area contributed by atoms with Gasteiger partial charge in [0.05, 0.1) is 11.8 Å². The van der Waals surface area contributed by atoms with Gasteiger partial charge in [0.1, 0.15) is 0 Å². The minimum Gasteiger partial charge on any atom is -0.481 e. The van der Waals surface area contributed by atoms with Gasteiger partial charge in [-0.25, -0.2) is 0 Å². The summed E-state index contributed by atoms with van der Waals surface area (Å²) in [5, 5.41) is 15.2. The van der Waals surface area contributed by atoms with Crippen LogP contribution in [0.25, 0.3) is 0 Å². The largest absolute Gasteiger partial charge is 0.481 e. The first kappa shape index (κ1) is 13.3. The Kier molecular flexibility index (Phi) is 4.22. The maximum Gasteiger partial charge on any atom is 0.306 e. The van der Waals surface area contributed by atoms with Crippen LogP contribution in [-0.4, -0.2) is 36.1 Å². The topological polar surface area (TPSA) is 78.4 Å². The molecule has 1 amide bonds. The van der Waals surface area contributed by atoms with Crippen LogP contribution in [0.2, 0.25) is 0 Å². The second-order valence-electron chi connectivity index (χ2n) is 5.64. The normalized spacial score (nSPS) is 36.3. The molecular weight excluding hydrogens is 232 g/mol. The second-order valence-corrected chi connectivity index (χ2v) is 5.64. The molecule has 1 aliphatic heterocycles. The molecular formula is C13H22N2O3. The first-order valence-electron chi connectivity index (χ1n) is 6.82. The van der Waals surface area contributed by atoms with Gasteiger partial charge in [-0.15, -0.1) is 0 Å². The van der Waals surface area contributed by atoms with E-state index in [1.807, 2.05) is 0 Å². The third-order valence-electron chi connectivity index (χ3n) is 4.28. The highest BCUT2D eigenvalue weighted by molar-refractivity contribution is 5.80. The summed E-state index contributed by atoms with van der Waals surface area (Å²) in [4.78, 5) is 22.9. The molecule has 0 unspecified atom stereocenters. The van der Waals surface area contributed by atoms with Crippen molar-refractivity contribution in [1.82, 2.24) is 10.6 Å². The summed E-state index contributed by atoms with van der Waals surface area (Å²) in [6.45, 7) is 3.76. The van der Waals surface area contributed by atoms with Gasteiger partial charge in [-0.05, 0) is 38.1 Å². The highest BCUT2D eigenvalue weighted by Crippen LogP contribution is 2.25. The lowest BCUT2D eigenvalue weighted by atomic mass is 9.85. The molecule has 0 radical (unpaired) electrons. The smallest absolute Gasteiger partial charge is 0.306 e. The van der Waals surface area contributed by atoms with E-state index in [4.69, 9.17) is 5.11 Å². The fraction of sp³-hybridized carbons (Fsp3) is 0.846. The maximum absolute atomic E-state index is 12.1. The summed E-state index contributed by atoms with van der Waals surface area (Å²) in [6, 6.07) is 0.167. The number of aliphatic carboxylic acids is 1. The molecule has 1 aliphatic carbocycles. The fourth-order valence-corrected chi connectivity index (χ4v) is 2.95. The second kappa shape index (κ2) is 5.69. The van der Waals surface area contributed by atoms with Gasteiger partial charge in [-0.3, -0.25) is 9.59 Å². The molecule has 1 heterocycles. The zero-order chi connectivity index (χ0) is 13.1. The predicted octanol–water partition coefficient (Wildman–Crippen LogP) is 0.601. The average Bonchev–Trinajstić information content (AvgIpc) is 2.76. The molecule has 0 aromatic carbocycles. The van der Waals surface area contributed by atoms with Crippen LogP contribution in [0.5, 0.6) is 0 Å². The van der Waals surface area contributed by atoms with E-state index in [2.05, 4.69) is 17.6 Å². The zero-order valence-corrected chi connectivity index (χ0v) is 10.8. The quantitative estimate of drug-likeness (QED) is 0.689. The van der Waals surface area contributed by atoms with Crippen LogP contribution in [0.15, 0.2) is 0 Å². The van der Waals surface area contributed by atoms with Crippen LogP contribution < -0.4 is 10.6 Å². The lowest BCUT2D eigenvalue weighted by Gasteiger charge is -2.28. The van der Waals surface area contributed by atoms with Gasteiger partial charge in [0, 0.05) is 12.6 Å². The van der Waals surface area contributed by atoms with Crippen molar-refractivity contribution in [2.45, 2.75) is 38.6 Å². The van der Waals surface area contributed by atoms with Gasteiger partial charge in [-0.2, -0.15) is 0 Å². The van der Waals surface area contributed by atoms with Gasteiger partial charge >= 0.3 is 5.97 Å². The van der Waals surface area contributed by atoms with Crippen LogP contribution in [0.1, 0.15) is 32.6 Å². The van der Waals surface area contributed by atoms with E-state index in [1.165, 1.54) is 0 Å². The Morgan fingerprint density at radius 3 is 2.33 bits per heavy atom. The van der Waals surface area contributed by atoms with E-state index >= 15 is 0 Å². The minimum absolute atomic E-state index is 0.0715. The van der Waals surface area contributed by atoms with Crippen LogP contribution >= 0.6 is 0 Å². The Balaban J connectivity index is 1.77. The Morgan fingerprint density at radius 1 is 1.17 bits per heavy atom. The molecule has 5 heteroatoms. The van der Waals surface area contributed by atoms with E-state index < -0.39 is 5.97 Å². The summed E-state index contributed by atoms with van der Waals surface area (Å²) in [5.41, 5.74) is 0. The summed E-state index contributed by atoms with van der Waals surface area (Å²) in [5.74, 6) is -0.326. The highest BCUT2D eigenvalue weighted by atomic mass is 16.4. The Morgan fingerprint density at radius 2 is 1.83 bits per heavy atom. The summed E-state index contributed by atoms with van der Waals surface area (Å²) >= 11 is 0. The molecule has 2 atom stereocenters. The minimum atomic E-state index is -0.701. The summed E-state index contributed by atoms with van der Waals surface area (Å²) < 4.78 is 0. The summed E-state index contributed by atoms with van der Waals surface area (Å²) in [6.07, 6.45) is 2.94. The van der Waals surface area contributed by atoms with E-state index in [9.17, 15) is 9.59 Å². The van der Waals surface area contributed by atoms with Crippen molar-refractivity contribution in [1.29, 1.82) is 0 Å². The third-order valence-corrected chi connectivity index (χ3v) is 4.28. The number of carbonyl (C=O) groups is 2. The molecule has 0 bridgehead atoms. The van der Waals surface area contributed by atoms with Crippen molar-refractivity contribution >= 4 is 11.9 Å². The number of carbonyl (C=O) groups excluding carboxylic acids is 1. The monoisotopic (exact) mass is 254 g/mol. The number of amides is 1. The lowest BCUT2D eigenvalue weighted by Crippen LogP contribution is -2.43. The molecule has 3 N–H and O–H groups in total. The first-order valence-corrected chi connectivity index (χ1v) is 6.82. The van der Waals surface area contributed by atoms with Crippen molar-refractivity contribution in [3.8, 4) is 0 Å². The highest BCUT2D eigenvalue weighted by Gasteiger charge is 2.32. The molecule has 18 heavy (non-hydrogen) atoms. The number of hydrogen-bond acceptors (Lipinski definition) is 3. The number of carboxylic acid groups (broad SMARTS) is 1. The van der Waals surface area contributed by atoms with Crippen LogP contribution in [-0.2, 0) is 9.59 Å². The summed E-state index contributed by atoms with van der Waals surface area (Å²) in [7, 11) is 0. The SMILES string of the molecule is C[C@@H]1CNC[C@H]1C(=O)NC1CCC(C(=O)O)CC1. The van der Waals surface area contributed by atoms with E-state index in [-0.39, 0.29) is 23.8 Å². The predicted molar refractivity (Wildman–Crippen MR) is 67.0 cm³/mol. The lowest BCUT2D eigenvalue weighted by molar-refractivity contribution is -0.142. The molecule has 2 fully saturated rings. The number of carboxylic acids is 1.